The Labute approximate surface area is 72.4 Å². The van der Waals surface area contributed by atoms with Crippen molar-refractivity contribution in [2.75, 3.05) is 0 Å². The molecule has 13 heavy (non-hydrogen) atoms. The van der Waals surface area contributed by atoms with E-state index in [2.05, 4.69) is 4.98 Å². The molecule has 0 atom stereocenters. The van der Waals surface area contributed by atoms with Gasteiger partial charge in [-0.1, -0.05) is 0 Å². The minimum absolute atomic E-state index is 0.0322. The summed E-state index contributed by atoms with van der Waals surface area (Å²) >= 11 is 0. The van der Waals surface area contributed by atoms with E-state index in [0.717, 1.165) is 12.1 Å². The fraction of sp³-hybridized carbons (Fsp3) is 0.250. The number of nitrogens with zero attached hydrogens (tertiary/aromatic N) is 1. The van der Waals surface area contributed by atoms with E-state index < -0.39 is 11.9 Å². The first-order valence-electron chi connectivity index (χ1n) is 3.38. The van der Waals surface area contributed by atoms with E-state index in [1.165, 1.54) is 13.2 Å². The molecule has 0 fully saturated rings. The Morgan fingerprint density at radius 1 is 1.38 bits per heavy atom. The average molecular weight is 188 g/mol. The highest BCUT2D eigenvalue weighted by Gasteiger charge is 2.32. The van der Waals surface area contributed by atoms with Gasteiger partial charge < -0.3 is 0 Å². The van der Waals surface area contributed by atoms with Crippen LogP contribution >= 0.6 is 0 Å². The van der Waals surface area contributed by atoms with Gasteiger partial charge in [0.05, 0.1) is 0 Å². The third kappa shape index (κ3) is 2.05. The van der Waals surface area contributed by atoms with Crippen molar-refractivity contribution in [1.29, 1.82) is 0 Å². The molecule has 0 aliphatic carbocycles. The van der Waals surface area contributed by atoms with Gasteiger partial charge in [-0.25, -0.2) is 4.98 Å². The number of hydrogen-bond donors (Lipinski definition) is 0. The van der Waals surface area contributed by atoms with E-state index in [-0.39, 0.29) is 11.3 Å². The standard InChI is InChI=1S/C8H5F3NO/c1-5-6(4-13)2-3-7(12-5)8(9,10)11/h2-3H,1H3. The number of halogens is 3. The number of hydrogen-bond acceptors (Lipinski definition) is 2. The Hall–Kier alpha value is -1.39. The molecular weight excluding hydrogens is 183 g/mol. The van der Waals surface area contributed by atoms with Crippen LogP contribution in [0.5, 0.6) is 0 Å². The molecule has 5 heteroatoms. The Bertz CT molecular complexity index is 333. The van der Waals surface area contributed by atoms with Crippen molar-refractivity contribution in [3.05, 3.63) is 29.1 Å². The molecule has 0 spiro atoms. The van der Waals surface area contributed by atoms with Crippen LogP contribution in [0, 0.1) is 6.92 Å². The average Bonchev–Trinajstić information content (AvgIpc) is 2.02. The zero-order chi connectivity index (χ0) is 10.1. The van der Waals surface area contributed by atoms with E-state index in [1.807, 2.05) is 0 Å². The Morgan fingerprint density at radius 2 is 2.00 bits per heavy atom. The summed E-state index contributed by atoms with van der Waals surface area (Å²) in [5, 5.41) is 0. The van der Waals surface area contributed by atoms with E-state index in [0.29, 0.717) is 0 Å². The number of carbonyl (C=O) groups excluding carboxylic acids is 1. The summed E-state index contributed by atoms with van der Waals surface area (Å²) < 4.78 is 36.1. The molecule has 1 rings (SSSR count). The van der Waals surface area contributed by atoms with Crippen LogP contribution in [-0.4, -0.2) is 11.3 Å². The lowest BCUT2D eigenvalue weighted by Crippen LogP contribution is -2.09. The minimum Gasteiger partial charge on any atom is -0.285 e. The SMILES string of the molecule is Cc1nc(C(F)(F)F)ccc1[C]=O. The molecule has 0 aliphatic heterocycles. The normalized spacial score (nSPS) is 11.4. The van der Waals surface area contributed by atoms with Crippen LogP contribution in [-0.2, 0) is 11.0 Å². The second kappa shape index (κ2) is 3.16. The molecule has 1 heterocycles. The summed E-state index contributed by atoms with van der Waals surface area (Å²) in [4.78, 5) is 13.4. The van der Waals surface area contributed by atoms with Crippen molar-refractivity contribution >= 4 is 6.29 Å². The third-order valence-electron chi connectivity index (χ3n) is 1.49. The fourth-order valence-electron chi connectivity index (χ4n) is 0.827. The van der Waals surface area contributed by atoms with Gasteiger partial charge in [-0.05, 0) is 19.1 Å². The molecule has 0 saturated heterocycles. The van der Waals surface area contributed by atoms with Crippen LogP contribution in [0.3, 0.4) is 0 Å². The zero-order valence-electron chi connectivity index (χ0n) is 6.64. The van der Waals surface area contributed by atoms with Gasteiger partial charge in [0.1, 0.15) is 5.69 Å². The molecule has 0 unspecified atom stereocenters. The van der Waals surface area contributed by atoms with Gasteiger partial charge in [0.2, 0.25) is 6.29 Å². The molecule has 1 radical (unpaired) electrons. The Morgan fingerprint density at radius 3 is 2.38 bits per heavy atom. The fourth-order valence-corrected chi connectivity index (χ4v) is 0.827. The molecule has 0 saturated carbocycles. The quantitative estimate of drug-likeness (QED) is 0.673. The lowest BCUT2D eigenvalue weighted by molar-refractivity contribution is -0.141. The zero-order valence-corrected chi connectivity index (χ0v) is 6.64. The molecule has 0 aromatic carbocycles. The minimum atomic E-state index is -4.47. The first-order chi connectivity index (χ1) is 5.95. The first-order valence-corrected chi connectivity index (χ1v) is 3.38. The van der Waals surface area contributed by atoms with Gasteiger partial charge in [0, 0.05) is 11.3 Å². The summed E-state index contributed by atoms with van der Waals surface area (Å²) in [7, 11) is 0. The van der Waals surface area contributed by atoms with Crippen LogP contribution in [0.2, 0.25) is 0 Å². The first kappa shape index (κ1) is 9.70. The number of aryl methyl sites for hydroxylation is 1. The molecule has 0 bridgehead atoms. The molecule has 1 aromatic rings. The van der Waals surface area contributed by atoms with Gasteiger partial charge in [-0.2, -0.15) is 13.2 Å². The smallest absolute Gasteiger partial charge is 0.285 e. The molecule has 0 aliphatic rings. The van der Waals surface area contributed by atoms with Crippen molar-refractivity contribution in [2.24, 2.45) is 0 Å². The number of pyridine rings is 1. The molecule has 0 amide bonds. The van der Waals surface area contributed by atoms with Gasteiger partial charge in [0.15, 0.2) is 0 Å². The van der Waals surface area contributed by atoms with Crippen LogP contribution in [0.4, 0.5) is 13.2 Å². The predicted octanol–water partition coefficient (Wildman–Crippen LogP) is 1.87. The van der Waals surface area contributed by atoms with Crippen molar-refractivity contribution in [2.45, 2.75) is 13.1 Å². The highest BCUT2D eigenvalue weighted by atomic mass is 19.4. The molecule has 69 valence electrons. The van der Waals surface area contributed by atoms with Crippen LogP contribution in [0.15, 0.2) is 12.1 Å². The second-order valence-corrected chi connectivity index (χ2v) is 2.43. The van der Waals surface area contributed by atoms with Crippen LogP contribution in [0.25, 0.3) is 0 Å². The summed E-state index contributed by atoms with van der Waals surface area (Å²) in [5.41, 5.74) is -0.915. The van der Waals surface area contributed by atoms with E-state index in [9.17, 15) is 18.0 Å². The van der Waals surface area contributed by atoms with E-state index in [4.69, 9.17) is 0 Å². The van der Waals surface area contributed by atoms with Gasteiger partial charge in [0.25, 0.3) is 0 Å². The maximum atomic E-state index is 12.0. The summed E-state index contributed by atoms with van der Waals surface area (Å²) in [6.45, 7) is 1.33. The second-order valence-electron chi connectivity index (χ2n) is 2.43. The number of rotatable bonds is 1. The topological polar surface area (TPSA) is 30.0 Å². The summed E-state index contributed by atoms with van der Waals surface area (Å²) in [6.07, 6.45) is -2.97. The van der Waals surface area contributed by atoms with E-state index in [1.54, 1.807) is 0 Å². The van der Waals surface area contributed by atoms with Crippen molar-refractivity contribution in [1.82, 2.24) is 4.98 Å². The lowest BCUT2D eigenvalue weighted by Gasteiger charge is -2.06. The van der Waals surface area contributed by atoms with Crippen LogP contribution < -0.4 is 0 Å². The number of alkyl halides is 3. The highest BCUT2D eigenvalue weighted by molar-refractivity contribution is 5.76. The molecule has 0 N–H and O–H groups in total. The lowest BCUT2D eigenvalue weighted by atomic mass is 10.2. The largest absolute Gasteiger partial charge is 0.433 e. The maximum absolute atomic E-state index is 12.0. The summed E-state index contributed by atoms with van der Waals surface area (Å²) in [6, 6.07) is 1.81. The number of aromatic nitrogens is 1. The molecular formula is C8H5F3NO. The monoisotopic (exact) mass is 188 g/mol. The van der Waals surface area contributed by atoms with E-state index >= 15 is 0 Å². The van der Waals surface area contributed by atoms with Crippen molar-refractivity contribution < 1.29 is 18.0 Å². The van der Waals surface area contributed by atoms with Crippen LogP contribution in [0.1, 0.15) is 17.0 Å². The van der Waals surface area contributed by atoms with Gasteiger partial charge in [-0.15, -0.1) is 0 Å². The molecule has 2 nitrogen and oxygen atoms in total. The Kier molecular flexibility index (Phi) is 2.36. The van der Waals surface area contributed by atoms with Crippen molar-refractivity contribution in [3.8, 4) is 0 Å². The summed E-state index contributed by atoms with van der Waals surface area (Å²) in [5.74, 6) is 0. The third-order valence-corrected chi connectivity index (χ3v) is 1.49. The molecule has 1 aromatic heterocycles. The van der Waals surface area contributed by atoms with Crippen molar-refractivity contribution in [3.63, 3.8) is 0 Å². The maximum Gasteiger partial charge on any atom is 0.433 e. The Balaban J connectivity index is 3.17. The highest BCUT2D eigenvalue weighted by Crippen LogP contribution is 2.27. The van der Waals surface area contributed by atoms with Gasteiger partial charge >= 0.3 is 6.18 Å². The predicted molar refractivity (Wildman–Crippen MR) is 38.8 cm³/mol. The van der Waals surface area contributed by atoms with Gasteiger partial charge in [-0.3, -0.25) is 4.79 Å².